The van der Waals surface area contributed by atoms with Gasteiger partial charge in [-0.05, 0) is 6.07 Å². The standard InChI is InChI=1S/C3H4N2.C2H4O2.H3O3P/c1-2-4-5-3-1;1-2(3)4;1-4(2)3/h1-3H,(H,4,5);1H3,(H,3,4);4H,(H2,1,2,3). The topological polar surface area (TPSA) is 124 Å². The molecule has 0 atom stereocenters. The van der Waals surface area contributed by atoms with Crippen LogP contribution in [0, 0.1) is 0 Å². The molecule has 0 saturated heterocycles. The molecule has 0 aromatic carbocycles. The Hall–Kier alpha value is -1.17. The first kappa shape index (κ1) is 14.4. The van der Waals surface area contributed by atoms with E-state index in [1.807, 2.05) is 6.07 Å². The molecule has 7 nitrogen and oxygen atoms in total. The Bertz CT molecular complexity index is 188. The number of rotatable bonds is 0. The molecule has 0 unspecified atom stereocenters. The van der Waals surface area contributed by atoms with E-state index in [0.29, 0.717) is 0 Å². The molecular weight excluding hydrogens is 199 g/mol. The lowest BCUT2D eigenvalue weighted by Gasteiger charge is -1.61. The van der Waals surface area contributed by atoms with Gasteiger partial charge in [0, 0.05) is 19.3 Å². The number of carbonyl (C=O) groups is 1. The number of H-pyrrole nitrogens is 1. The first-order chi connectivity index (χ1) is 5.96. The third-order valence-electron chi connectivity index (χ3n) is 0.406. The number of aromatic amines is 1. The zero-order valence-corrected chi connectivity index (χ0v) is 7.84. The van der Waals surface area contributed by atoms with E-state index >= 15 is 0 Å². The summed E-state index contributed by atoms with van der Waals surface area (Å²) >= 11 is 0. The summed E-state index contributed by atoms with van der Waals surface area (Å²) in [7, 11) is -3.13. The van der Waals surface area contributed by atoms with E-state index in [-0.39, 0.29) is 0 Å². The Labute approximate surface area is 75.0 Å². The van der Waals surface area contributed by atoms with Crippen LogP contribution in [0.5, 0.6) is 0 Å². The number of nitrogens with one attached hydrogen (secondary N) is 1. The predicted molar refractivity (Wildman–Crippen MR) is 45.3 cm³/mol. The number of carboxylic acid groups (broad SMARTS) is 1. The first-order valence-electron chi connectivity index (χ1n) is 3.02. The Morgan fingerprint density at radius 1 is 1.54 bits per heavy atom. The minimum atomic E-state index is -3.13. The molecule has 0 aliphatic heterocycles. The van der Waals surface area contributed by atoms with Gasteiger partial charge in [0.1, 0.15) is 0 Å². The quantitative estimate of drug-likeness (QED) is 0.442. The van der Waals surface area contributed by atoms with Gasteiger partial charge in [0.15, 0.2) is 0 Å². The fourth-order valence-corrected chi connectivity index (χ4v) is 0.215. The van der Waals surface area contributed by atoms with Crippen LogP contribution < -0.4 is 0 Å². The summed E-state index contributed by atoms with van der Waals surface area (Å²) in [6, 6.07) is 1.83. The van der Waals surface area contributed by atoms with E-state index in [2.05, 4.69) is 10.2 Å². The van der Waals surface area contributed by atoms with E-state index in [0.717, 1.165) is 6.92 Å². The Morgan fingerprint density at radius 2 is 1.92 bits per heavy atom. The maximum absolute atomic E-state index is 9.00. The lowest BCUT2D eigenvalue weighted by atomic mass is 10.8. The van der Waals surface area contributed by atoms with Gasteiger partial charge < -0.3 is 14.9 Å². The zero-order chi connectivity index (χ0) is 10.7. The van der Waals surface area contributed by atoms with Crippen LogP contribution in [-0.4, -0.2) is 31.1 Å². The van der Waals surface area contributed by atoms with Gasteiger partial charge in [-0.2, -0.15) is 5.10 Å². The van der Waals surface area contributed by atoms with Crippen molar-refractivity contribution in [2.45, 2.75) is 6.92 Å². The van der Waals surface area contributed by atoms with Crippen molar-refractivity contribution < 1.29 is 24.3 Å². The average Bonchev–Trinajstić information content (AvgIpc) is 2.35. The SMILES string of the molecule is CC(=O)O.O=[PH](O)O.c1cn[nH]c1. The van der Waals surface area contributed by atoms with Crippen LogP contribution in [0.25, 0.3) is 0 Å². The number of nitrogens with zero attached hydrogens (tertiary/aromatic N) is 1. The molecule has 0 amide bonds. The molecule has 8 heteroatoms. The second-order valence-electron chi connectivity index (χ2n) is 1.57. The highest BCUT2D eigenvalue weighted by Crippen LogP contribution is 1.98. The van der Waals surface area contributed by atoms with Crippen LogP contribution >= 0.6 is 8.25 Å². The number of hydrogen-bond acceptors (Lipinski definition) is 3. The molecule has 1 heterocycles. The molecule has 76 valence electrons. The summed E-state index contributed by atoms with van der Waals surface area (Å²) in [5.74, 6) is -0.833. The summed E-state index contributed by atoms with van der Waals surface area (Å²) in [4.78, 5) is 23.3. The predicted octanol–water partition coefficient (Wildman–Crippen LogP) is -0.139. The van der Waals surface area contributed by atoms with Gasteiger partial charge >= 0.3 is 8.25 Å². The highest BCUT2D eigenvalue weighted by molar-refractivity contribution is 7.30. The first-order valence-corrected chi connectivity index (χ1v) is 4.32. The summed E-state index contributed by atoms with van der Waals surface area (Å²) in [6.45, 7) is 1.08. The molecular formula is C5H11N2O5P. The van der Waals surface area contributed by atoms with Crippen molar-refractivity contribution in [1.29, 1.82) is 0 Å². The highest BCUT2D eigenvalue weighted by Gasteiger charge is 1.65. The van der Waals surface area contributed by atoms with E-state index < -0.39 is 14.2 Å². The van der Waals surface area contributed by atoms with E-state index in [9.17, 15) is 0 Å². The average molecular weight is 210 g/mol. The van der Waals surface area contributed by atoms with Crippen LogP contribution in [0.4, 0.5) is 0 Å². The minimum Gasteiger partial charge on any atom is -0.481 e. The van der Waals surface area contributed by atoms with Gasteiger partial charge in [0.25, 0.3) is 5.97 Å². The monoisotopic (exact) mass is 210 g/mol. The van der Waals surface area contributed by atoms with Crippen molar-refractivity contribution in [2.24, 2.45) is 0 Å². The van der Waals surface area contributed by atoms with Crippen molar-refractivity contribution in [3.8, 4) is 0 Å². The smallest absolute Gasteiger partial charge is 0.314 e. The van der Waals surface area contributed by atoms with Crippen LogP contribution in [-0.2, 0) is 9.36 Å². The van der Waals surface area contributed by atoms with Crippen LogP contribution in [0.1, 0.15) is 6.92 Å². The third kappa shape index (κ3) is 57.6. The largest absolute Gasteiger partial charge is 0.481 e. The second-order valence-corrected chi connectivity index (χ2v) is 2.13. The third-order valence-corrected chi connectivity index (χ3v) is 0.406. The van der Waals surface area contributed by atoms with Gasteiger partial charge in [0.2, 0.25) is 0 Å². The zero-order valence-electron chi connectivity index (χ0n) is 6.84. The Balaban J connectivity index is 0. The van der Waals surface area contributed by atoms with Gasteiger partial charge in [0.05, 0.1) is 0 Å². The van der Waals surface area contributed by atoms with Gasteiger partial charge in [-0.3, -0.25) is 14.5 Å². The number of aliphatic carboxylic acids is 1. The molecule has 0 bridgehead atoms. The van der Waals surface area contributed by atoms with Gasteiger partial charge in [-0.25, -0.2) is 0 Å². The molecule has 0 aliphatic carbocycles. The fraction of sp³-hybridized carbons (Fsp3) is 0.200. The van der Waals surface area contributed by atoms with E-state index in [1.54, 1.807) is 12.4 Å². The molecule has 4 N–H and O–H groups in total. The Kier molecular flexibility index (Phi) is 12.0. The van der Waals surface area contributed by atoms with Crippen LogP contribution in [0.15, 0.2) is 18.5 Å². The van der Waals surface area contributed by atoms with Crippen molar-refractivity contribution in [1.82, 2.24) is 10.2 Å². The molecule has 0 saturated carbocycles. The van der Waals surface area contributed by atoms with Gasteiger partial charge in [-0.1, -0.05) is 0 Å². The highest BCUT2D eigenvalue weighted by atomic mass is 31.1. The van der Waals surface area contributed by atoms with Crippen LogP contribution in [0.2, 0.25) is 0 Å². The lowest BCUT2D eigenvalue weighted by Crippen LogP contribution is -1.78. The van der Waals surface area contributed by atoms with Crippen molar-refractivity contribution >= 4 is 14.2 Å². The second kappa shape index (κ2) is 10.8. The van der Waals surface area contributed by atoms with Crippen molar-refractivity contribution in [2.75, 3.05) is 0 Å². The Morgan fingerprint density at radius 3 is 2.00 bits per heavy atom. The fourth-order valence-electron chi connectivity index (χ4n) is 0.215. The molecule has 13 heavy (non-hydrogen) atoms. The van der Waals surface area contributed by atoms with E-state index in [1.165, 1.54) is 0 Å². The summed E-state index contributed by atoms with van der Waals surface area (Å²) in [5, 5.41) is 13.6. The molecule has 0 aliphatic rings. The minimum absolute atomic E-state index is 0.833. The molecule has 0 spiro atoms. The number of hydrogen-bond donors (Lipinski definition) is 4. The molecule has 0 fully saturated rings. The molecule has 1 aromatic heterocycles. The maximum atomic E-state index is 9.00. The summed E-state index contributed by atoms with van der Waals surface area (Å²) in [5.41, 5.74) is 0. The number of carboxylic acids is 1. The normalized spacial score (nSPS) is 7.69. The summed E-state index contributed by atoms with van der Waals surface area (Å²) < 4.78 is 8.74. The number of aromatic nitrogens is 2. The molecule has 1 aromatic rings. The lowest BCUT2D eigenvalue weighted by molar-refractivity contribution is -0.134. The summed E-state index contributed by atoms with van der Waals surface area (Å²) in [6.07, 6.45) is 3.46. The van der Waals surface area contributed by atoms with Crippen molar-refractivity contribution in [3.63, 3.8) is 0 Å². The maximum Gasteiger partial charge on any atom is 0.314 e. The van der Waals surface area contributed by atoms with E-state index in [4.69, 9.17) is 24.3 Å². The van der Waals surface area contributed by atoms with Crippen molar-refractivity contribution in [3.05, 3.63) is 18.5 Å². The molecule has 1 rings (SSSR count). The molecule has 0 radical (unpaired) electrons. The van der Waals surface area contributed by atoms with Crippen LogP contribution in [0.3, 0.4) is 0 Å². The van der Waals surface area contributed by atoms with Gasteiger partial charge in [-0.15, -0.1) is 0 Å².